The number of nitrogen functional groups attached to an aromatic ring is 1. The molecule has 0 atom stereocenters. The van der Waals surface area contributed by atoms with E-state index in [2.05, 4.69) is 10.1 Å². The molecule has 0 amide bonds. The van der Waals surface area contributed by atoms with Crippen molar-refractivity contribution in [1.29, 1.82) is 5.41 Å². The monoisotopic (exact) mass is 251 g/mol. The molecule has 0 saturated carbocycles. The number of aromatic nitrogens is 3. The molecule has 5 nitrogen and oxygen atoms in total. The van der Waals surface area contributed by atoms with Gasteiger partial charge in [-0.1, -0.05) is 18.2 Å². The first-order valence-corrected chi connectivity index (χ1v) is 5.94. The third-order valence-electron chi connectivity index (χ3n) is 2.99. The standard InChI is InChI=1S/C14H13N5/c15-14(16)13-11-3-1-2-4-12(11)19(18-13)9-10-5-7-17-8-6-10/h1-8H,9H2,(H3,15,16). The number of hydrogen-bond donors (Lipinski definition) is 2. The Bertz CT molecular complexity index is 730. The lowest BCUT2D eigenvalue weighted by molar-refractivity contribution is 0.708. The van der Waals surface area contributed by atoms with Crippen LogP contribution < -0.4 is 5.73 Å². The number of hydrogen-bond acceptors (Lipinski definition) is 3. The lowest BCUT2D eigenvalue weighted by atomic mass is 10.2. The molecule has 0 aliphatic carbocycles. The molecule has 3 rings (SSSR count). The van der Waals surface area contributed by atoms with Crippen LogP contribution in [0.15, 0.2) is 48.8 Å². The minimum absolute atomic E-state index is 0.00956. The van der Waals surface area contributed by atoms with Crippen LogP contribution in [0.5, 0.6) is 0 Å². The number of nitrogens with zero attached hydrogens (tertiary/aromatic N) is 3. The molecule has 2 heterocycles. The summed E-state index contributed by atoms with van der Waals surface area (Å²) in [7, 11) is 0. The number of nitrogens with two attached hydrogens (primary N) is 1. The van der Waals surface area contributed by atoms with E-state index in [1.807, 2.05) is 41.1 Å². The topological polar surface area (TPSA) is 80.6 Å². The van der Waals surface area contributed by atoms with Crippen molar-refractivity contribution in [2.24, 2.45) is 5.73 Å². The molecule has 2 aromatic heterocycles. The molecular formula is C14H13N5. The van der Waals surface area contributed by atoms with Crippen LogP contribution in [-0.4, -0.2) is 20.6 Å². The van der Waals surface area contributed by atoms with Gasteiger partial charge in [0.15, 0.2) is 0 Å². The summed E-state index contributed by atoms with van der Waals surface area (Å²) in [4.78, 5) is 4.00. The summed E-state index contributed by atoms with van der Waals surface area (Å²) >= 11 is 0. The third-order valence-corrected chi connectivity index (χ3v) is 2.99. The summed E-state index contributed by atoms with van der Waals surface area (Å²) in [6, 6.07) is 11.7. The summed E-state index contributed by atoms with van der Waals surface area (Å²) < 4.78 is 1.86. The first-order valence-electron chi connectivity index (χ1n) is 5.94. The van der Waals surface area contributed by atoms with E-state index in [0.29, 0.717) is 12.2 Å². The van der Waals surface area contributed by atoms with Crippen molar-refractivity contribution in [3.8, 4) is 0 Å². The van der Waals surface area contributed by atoms with Crippen LogP contribution in [0, 0.1) is 5.41 Å². The van der Waals surface area contributed by atoms with Crippen LogP contribution in [0.25, 0.3) is 10.9 Å². The Hall–Kier alpha value is -2.69. The van der Waals surface area contributed by atoms with Gasteiger partial charge in [-0.25, -0.2) is 0 Å². The van der Waals surface area contributed by atoms with Crippen molar-refractivity contribution in [3.05, 3.63) is 60.0 Å². The summed E-state index contributed by atoms with van der Waals surface area (Å²) in [5, 5.41) is 12.9. The van der Waals surface area contributed by atoms with Gasteiger partial charge in [-0.15, -0.1) is 0 Å². The largest absolute Gasteiger partial charge is 0.382 e. The molecule has 0 spiro atoms. The van der Waals surface area contributed by atoms with E-state index < -0.39 is 0 Å². The highest BCUT2D eigenvalue weighted by molar-refractivity contribution is 6.05. The van der Waals surface area contributed by atoms with E-state index in [0.717, 1.165) is 16.5 Å². The maximum Gasteiger partial charge on any atom is 0.144 e. The first kappa shape index (κ1) is 11.4. The van der Waals surface area contributed by atoms with Gasteiger partial charge in [0, 0.05) is 17.8 Å². The lowest BCUT2D eigenvalue weighted by Crippen LogP contribution is -2.13. The van der Waals surface area contributed by atoms with Crippen LogP contribution in [-0.2, 0) is 6.54 Å². The second kappa shape index (κ2) is 4.53. The van der Waals surface area contributed by atoms with Gasteiger partial charge < -0.3 is 5.73 Å². The second-order valence-corrected chi connectivity index (χ2v) is 4.29. The Labute approximate surface area is 110 Å². The predicted octanol–water partition coefficient (Wildman–Crippen LogP) is 1.76. The average Bonchev–Trinajstić information content (AvgIpc) is 2.79. The van der Waals surface area contributed by atoms with E-state index in [4.69, 9.17) is 11.1 Å². The van der Waals surface area contributed by atoms with Crippen LogP contribution >= 0.6 is 0 Å². The number of amidine groups is 1. The Morgan fingerprint density at radius 1 is 1.16 bits per heavy atom. The summed E-state index contributed by atoms with van der Waals surface area (Å²) in [5.41, 5.74) is 8.20. The van der Waals surface area contributed by atoms with Gasteiger partial charge in [0.2, 0.25) is 0 Å². The average molecular weight is 251 g/mol. The molecule has 0 aliphatic heterocycles. The number of rotatable bonds is 3. The van der Waals surface area contributed by atoms with Crippen molar-refractivity contribution < 1.29 is 0 Å². The molecule has 0 fully saturated rings. The lowest BCUT2D eigenvalue weighted by Gasteiger charge is -2.02. The van der Waals surface area contributed by atoms with Crippen LogP contribution in [0.2, 0.25) is 0 Å². The quantitative estimate of drug-likeness (QED) is 0.550. The fraction of sp³-hybridized carbons (Fsp3) is 0.0714. The molecule has 3 N–H and O–H groups in total. The Kier molecular flexibility index (Phi) is 2.72. The number of benzene rings is 1. The van der Waals surface area contributed by atoms with E-state index >= 15 is 0 Å². The Morgan fingerprint density at radius 2 is 1.89 bits per heavy atom. The highest BCUT2D eigenvalue weighted by atomic mass is 15.3. The molecule has 0 bridgehead atoms. The van der Waals surface area contributed by atoms with Crippen LogP contribution in [0.4, 0.5) is 0 Å². The van der Waals surface area contributed by atoms with Gasteiger partial charge in [-0.05, 0) is 23.8 Å². The van der Waals surface area contributed by atoms with Gasteiger partial charge in [0.25, 0.3) is 0 Å². The molecule has 0 unspecified atom stereocenters. The number of fused-ring (bicyclic) bond motifs is 1. The summed E-state index contributed by atoms with van der Waals surface area (Å²) in [6.45, 7) is 0.635. The molecule has 94 valence electrons. The van der Waals surface area contributed by atoms with Gasteiger partial charge in [-0.3, -0.25) is 15.1 Å². The summed E-state index contributed by atoms with van der Waals surface area (Å²) in [5.74, 6) is -0.00956. The highest BCUT2D eigenvalue weighted by Crippen LogP contribution is 2.19. The smallest absolute Gasteiger partial charge is 0.144 e. The second-order valence-electron chi connectivity index (χ2n) is 4.29. The zero-order valence-electron chi connectivity index (χ0n) is 10.2. The number of pyridine rings is 1. The molecule has 0 saturated heterocycles. The molecule has 3 aromatic rings. The van der Waals surface area contributed by atoms with Crippen LogP contribution in [0.1, 0.15) is 11.3 Å². The van der Waals surface area contributed by atoms with Crippen molar-refractivity contribution >= 4 is 16.7 Å². The maximum absolute atomic E-state index is 7.60. The van der Waals surface area contributed by atoms with Crippen molar-refractivity contribution in [2.75, 3.05) is 0 Å². The molecule has 1 aromatic carbocycles. The molecule has 0 radical (unpaired) electrons. The van der Waals surface area contributed by atoms with E-state index in [-0.39, 0.29) is 5.84 Å². The predicted molar refractivity (Wildman–Crippen MR) is 74.1 cm³/mol. The normalized spacial score (nSPS) is 10.7. The highest BCUT2D eigenvalue weighted by Gasteiger charge is 2.12. The number of para-hydroxylation sites is 1. The van der Waals surface area contributed by atoms with E-state index in [1.165, 1.54) is 0 Å². The Balaban J connectivity index is 2.11. The molecular weight excluding hydrogens is 238 g/mol. The fourth-order valence-electron chi connectivity index (χ4n) is 2.11. The fourth-order valence-corrected chi connectivity index (χ4v) is 2.11. The first-order chi connectivity index (χ1) is 9.25. The van der Waals surface area contributed by atoms with Gasteiger partial charge >= 0.3 is 0 Å². The van der Waals surface area contributed by atoms with E-state index in [1.54, 1.807) is 12.4 Å². The minimum atomic E-state index is -0.00956. The van der Waals surface area contributed by atoms with Crippen LogP contribution in [0.3, 0.4) is 0 Å². The third kappa shape index (κ3) is 2.06. The van der Waals surface area contributed by atoms with E-state index in [9.17, 15) is 0 Å². The van der Waals surface area contributed by atoms with Gasteiger partial charge in [0.05, 0.1) is 12.1 Å². The Morgan fingerprint density at radius 3 is 2.63 bits per heavy atom. The zero-order chi connectivity index (χ0) is 13.2. The van der Waals surface area contributed by atoms with Gasteiger partial charge in [-0.2, -0.15) is 5.10 Å². The van der Waals surface area contributed by atoms with Crippen molar-refractivity contribution in [2.45, 2.75) is 6.54 Å². The van der Waals surface area contributed by atoms with Gasteiger partial charge in [0.1, 0.15) is 11.5 Å². The summed E-state index contributed by atoms with van der Waals surface area (Å²) in [6.07, 6.45) is 3.51. The zero-order valence-corrected chi connectivity index (χ0v) is 10.2. The van der Waals surface area contributed by atoms with Crippen molar-refractivity contribution in [3.63, 3.8) is 0 Å². The SMILES string of the molecule is N=C(N)c1nn(Cc2ccncc2)c2ccccc12. The maximum atomic E-state index is 7.60. The molecule has 5 heteroatoms. The van der Waals surface area contributed by atoms with Crippen molar-refractivity contribution in [1.82, 2.24) is 14.8 Å². The number of nitrogens with one attached hydrogen (secondary N) is 1. The molecule has 0 aliphatic rings. The minimum Gasteiger partial charge on any atom is -0.382 e. The molecule has 19 heavy (non-hydrogen) atoms.